The molecule has 0 radical (unpaired) electrons. The van der Waals surface area contributed by atoms with Crippen LogP contribution in [-0.2, 0) is 10.9 Å². The molecule has 1 amide bonds. The van der Waals surface area contributed by atoms with Crippen LogP contribution < -0.4 is 10.3 Å². The second-order valence-corrected chi connectivity index (χ2v) is 9.17. The number of aromatic nitrogens is 2. The van der Waals surface area contributed by atoms with Crippen molar-refractivity contribution in [3.05, 3.63) is 100 Å². The van der Waals surface area contributed by atoms with Gasteiger partial charge in [-0.1, -0.05) is 19.1 Å². The second-order valence-electron chi connectivity index (χ2n) is 9.17. The molecule has 0 saturated heterocycles. The van der Waals surface area contributed by atoms with Crippen molar-refractivity contribution >= 4 is 16.8 Å². The molecule has 0 aliphatic carbocycles. The third-order valence-corrected chi connectivity index (χ3v) is 6.66. The van der Waals surface area contributed by atoms with Crippen LogP contribution in [0.25, 0.3) is 16.6 Å². The molecule has 1 atom stereocenters. The van der Waals surface area contributed by atoms with Crippen molar-refractivity contribution < 1.29 is 27.4 Å². The van der Waals surface area contributed by atoms with Crippen LogP contribution in [0.4, 0.5) is 13.2 Å². The van der Waals surface area contributed by atoms with Gasteiger partial charge in [-0.2, -0.15) is 13.2 Å². The summed E-state index contributed by atoms with van der Waals surface area (Å²) in [6.45, 7) is 2.47. The molecule has 1 unspecified atom stereocenters. The van der Waals surface area contributed by atoms with Crippen molar-refractivity contribution in [2.75, 3.05) is 27.4 Å². The van der Waals surface area contributed by atoms with Gasteiger partial charge in [0.1, 0.15) is 11.6 Å². The van der Waals surface area contributed by atoms with E-state index in [-0.39, 0.29) is 17.7 Å². The Morgan fingerprint density at radius 3 is 2.27 bits per heavy atom. The van der Waals surface area contributed by atoms with Crippen molar-refractivity contribution in [1.82, 2.24) is 14.5 Å². The first kappa shape index (κ1) is 28.8. The normalized spacial score (nSPS) is 12.3. The third kappa shape index (κ3) is 6.02. The minimum Gasteiger partial charge on any atom is -0.497 e. The van der Waals surface area contributed by atoms with Crippen LogP contribution in [0.15, 0.2) is 77.6 Å². The number of para-hydroxylation sites is 1. The lowest BCUT2D eigenvalue weighted by molar-refractivity contribution is -0.137. The Balaban J connectivity index is 1.87. The third-order valence-electron chi connectivity index (χ3n) is 6.66. The summed E-state index contributed by atoms with van der Waals surface area (Å²) in [6.07, 6.45) is -3.66. The average molecular weight is 554 g/mol. The SMILES string of the molecule is CCC(c1nc2ccccc2c(=O)n1-c1ccc(OC)cc1)N(CCCOC)C(=O)c1ccc(C(F)(F)F)cc1. The molecule has 1 heterocycles. The van der Waals surface area contributed by atoms with Crippen molar-refractivity contribution in [2.24, 2.45) is 0 Å². The number of rotatable bonds is 10. The number of alkyl halides is 3. The van der Waals surface area contributed by atoms with E-state index in [9.17, 15) is 22.8 Å². The quantitative estimate of drug-likeness (QED) is 0.224. The van der Waals surface area contributed by atoms with Crippen LogP contribution in [0, 0.1) is 0 Å². The molecule has 1 aromatic heterocycles. The molecule has 40 heavy (non-hydrogen) atoms. The molecule has 0 N–H and O–H groups in total. The van der Waals surface area contributed by atoms with Crippen molar-refractivity contribution in [2.45, 2.75) is 32.0 Å². The Labute approximate surface area is 229 Å². The molecule has 3 aromatic carbocycles. The highest BCUT2D eigenvalue weighted by atomic mass is 19.4. The van der Waals surface area contributed by atoms with Gasteiger partial charge in [0.25, 0.3) is 11.5 Å². The fourth-order valence-electron chi connectivity index (χ4n) is 4.64. The first-order chi connectivity index (χ1) is 19.2. The van der Waals surface area contributed by atoms with Gasteiger partial charge in [-0.3, -0.25) is 14.2 Å². The number of hydrogen-bond donors (Lipinski definition) is 0. The first-order valence-electron chi connectivity index (χ1n) is 12.8. The van der Waals surface area contributed by atoms with Crippen LogP contribution in [0.2, 0.25) is 0 Å². The van der Waals surface area contributed by atoms with Gasteiger partial charge >= 0.3 is 6.18 Å². The Morgan fingerprint density at radius 1 is 1.00 bits per heavy atom. The molecule has 0 saturated carbocycles. The topological polar surface area (TPSA) is 73.7 Å². The lowest BCUT2D eigenvalue weighted by Crippen LogP contribution is -2.39. The predicted molar refractivity (Wildman–Crippen MR) is 146 cm³/mol. The Kier molecular flexibility index (Phi) is 8.89. The summed E-state index contributed by atoms with van der Waals surface area (Å²) in [5.74, 6) is 0.479. The fourth-order valence-corrected chi connectivity index (χ4v) is 4.64. The number of fused-ring (bicyclic) bond motifs is 1. The molecule has 0 bridgehead atoms. The van der Waals surface area contributed by atoms with Crippen molar-refractivity contribution in [1.29, 1.82) is 0 Å². The Morgan fingerprint density at radius 2 is 1.68 bits per heavy atom. The summed E-state index contributed by atoms with van der Waals surface area (Å²) < 4.78 is 51.4. The van der Waals surface area contributed by atoms with E-state index in [0.717, 1.165) is 12.1 Å². The Hall–Kier alpha value is -4.18. The summed E-state index contributed by atoms with van der Waals surface area (Å²) in [5, 5.41) is 0.414. The highest BCUT2D eigenvalue weighted by molar-refractivity contribution is 5.94. The maximum absolute atomic E-state index is 13.8. The van der Waals surface area contributed by atoms with Gasteiger partial charge in [0.15, 0.2) is 0 Å². The largest absolute Gasteiger partial charge is 0.497 e. The molecular formula is C30H30F3N3O4. The molecule has 10 heteroatoms. The summed E-state index contributed by atoms with van der Waals surface area (Å²) in [4.78, 5) is 34.1. The second kappa shape index (κ2) is 12.3. The lowest BCUT2D eigenvalue weighted by Gasteiger charge is -2.32. The van der Waals surface area contributed by atoms with Gasteiger partial charge in [-0.15, -0.1) is 0 Å². The van der Waals surface area contributed by atoms with Gasteiger partial charge in [0, 0.05) is 25.8 Å². The number of hydrogen-bond acceptors (Lipinski definition) is 5. The van der Waals surface area contributed by atoms with E-state index in [0.29, 0.717) is 47.6 Å². The zero-order valence-electron chi connectivity index (χ0n) is 22.4. The fraction of sp³-hybridized carbons (Fsp3) is 0.300. The highest BCUT2D eigenvalue weighted by Gasteiger charge is 2.32. The van der Waals surface area contributed by atoms with Crippen LogP contribution in [-0.4, -0.2) is 47.7 Å². The van der Waals surface area contributed by atoms with Crippen molar-refractivity contribution in [3.63, 3.8) is 0 Å². The summed E-state index contributed by atoms with van der Waals surface area (Å²) in [6, 6.07) is 17.3. The number of methoxy groups -OCH3 is 2. The maximum Gasteiger partial charge on any atom is 0.416 e. The molecule has 0 aliphatic heterocycles. The monoisotopic (exact) mass is 553 g/mol. The standard InChI is InChI=1S/C30H30F3N3O4/c1-4-26(35(18-7-19-39-2)28(37)20-10-12-21(13-11-20)30(31,32)33)27-34-25-9-6-5-8-24(25)29(38)36(27)22-14-16-23(40-3)17-15-22/h5-6,8-17,26H,4,7,18-19H2,1-3H3. The van der Waals surface area contributed by atoms with E-state index in [1.54, 1.807) is 67.7 Å². The minimum absolute atomic E-state index is 0.100. The van der Waals surface area contributed by atoms with Crippen LogP contribution in [0.1, 0.15) is 47.6 Å². The number of benzene rings is 3. The first-order valence-corrected chi connectivity index (χ1v) is 12.8. The smallest absolute Gasteiger partial charge is 0.416 e. The highest BCUT2D eigenvalue weighted by Crippen LogP contribution is 2.31. The molecule has 4 aromatic rings. The Bertz CT molecular complexity index is 1520. The molecule has 0 spiro atoms. The molecule has 4 rings (SSSR count). The van der Waals surface area contributed by atoms with E-state index in [4.69, 9.17) is 14.5 Å². The predicted octanol–water partition coefficient (Wildman–Crippen LogP) is 6.04. The zero-order chi connectivity index (χ0) is 28.9. The molecular weight excluding hydrogens is 523 g/mol. The van der Waals surface area contributed by atoms with Gasteiger partial charge in [-0.05, 0) is 73.5 Å². The van der Waals surface area contributed by atoms with Gasteiger partial charge in [0.2, 0.25) is 0 Å². The van der Waals surface area contributed by atoms with Crippen LogP contribution in [0.3, 0.4) is 0 Å². The van der Waals surface area contributed by atoms with E-state index in [1.165, 1.54) is 16.7 Å². The number of nitrogens with zero attached hydrogens (tertiary/aromatic N) is 3. The summed E-state index contributed by atoms with van der Waals surface area (Å²) >= 11 is 0. The van der Waals surface area contributed by atoms with E-state index < -0.39 is 23.7 Å². The summed E-state index contributed by atoms with van der Waals surface area (Å²) in [5.41, 5.74) is -0.0292. The number of carbonyl (C=O) groups excluding carboxylic acids is 1. The lowest BCUT2D eigenvalue weighted by atomic mass is 10.1. The molecule has 0 fully saturated rings. The van der Waals surface area contributed by atoms with Crippen LogP contribution in [0.5, 0.6) is 5.75 Å². The average Bonchev–Trinajstić information content (AvgIpc) is 2.96. The van der Waals surface area contributed by atoms with E-state index >= 15 is 0 Å². The zero-order valence-corrected chi connectivity index (χ0v) is 22.4. The van der Waals surface area contributed by atoms with E-state index in [1.807, 2.05) is 6.92 Å². The minimum atomic E-state index is -4.52. The van der Waals surface area contributed by atoms with Crippen LogP contribution >= 0.6 is 0 Å². The number of halogens is 3. The number of ether oxygens (including phenoxy) is 2. The maximum atomic E-state index is 13.8. The van der Waals surface area contributed by atoms with Crippen molar-refractivity contribution in [3.8, 4) is 11.4 Å². The molecule has 210 valence electrons. The molecule has 7 nitrogen and oxygen atoms in total. The van der Waals surface area contributed by atoms with Gasteiger partial charge in [0.05, 0.1) is 35.3 Å². The molecule has 0 aliphatic rings. The van der Waals surface area contributed by atoms with Gasteiger partial charge in [-0.25, -0.2) is 4.98 Å². The summed E-state index contributed by atoms with van der Waals surface area (Å²) in [7, 11) is 3.09. The van der Waals surface area contributed by atoms with E-state index in [2.05, 4.69) is 0 Å². The van der Waals surface area contributed by atoms with Gasteiger partial charge < -0.3 is 14.4 Å². The number of carbonyl (C=O) groups is 1. The number of amides is 1.